The Hall–Kier alpha value is -2.56. The Morgan fingerprint density at radius 2 is 1.82 bits per heavy atom. The van der Waals surface area contributed by atoms with Crippen molar-refractivity contribution < 1.29 is 22.7 Å². The van der Waals surface area contributed by atoms with Gasteiger partial charge in [0, 0.05) is 35.3 Å². The highest BCUT2D eigenvalue weighted by Crippen LogP contribution is 2.39. The lowest BCUT2D eigenvalue weighted by atomic mass is 10.2. The highest BCUT2D eigenvalue weighted by Gasteiger charge is 2.31. The Morgan fingerprint density at radius 1 is 1.12 bits per heavy atom. The van der Waals surface area contributed by atoms with Crippen LogP contribution in [-0.2, 0) is 19.6 Å². The number of rotatable bonds is 6. The Labute approximate surface area is 204 Å². The highest BCUT2D eigenvalue weighted by molar-refractivity contribution is 8.00. The van der Waals surface area contributed by atoms with Crippen molar-refractivity contribution in [1.29, 1.82) is 0 Å². The molecule has 2 amide bonds. The minimum Gasteiger partial charge on any atom is -0.497 e. The van der Waals surface area contributed by atoms with Gasteiger partial charge in [-0.05, 0) is 55.3 Å². The Kier molecular flexibility index (Phi) is 7.49. The van der Waals surface area contributed by atoms with Gasteiger partial charge in [-0.15, -0.1) is 11.8 Å². The molecule has 0 aliphatic carbocycles. The molecule has 0 radical (unpaired) electrons. The van der Waals surface area contributed by atoms with E-state index in [0.717, 1.165) is 24.2 Å². The van der Waals surface area contributed by atoms with Gasteiger partial charge in [-0.2, -0.15) is 4.31 Å². The first-order valence-corrected chi connectivity index (χ1v) is 13.6. The fraction of sp³-hybridized carbons (Fsp3) is 0.417. The smallest absolute Gasteiger partial charge is 0.244 e. The maximum absolute atomic E-state index is 13.3. The summed E-state index contributed by atoms with van der Waals surface area (Å²) in [5.41, 5.74) is 1.04. The van der Waals surface area contributed by atoms with Crippen LogP contribution in [0.15, 0.2) is 52.3 Å². The largest absolute Gasteiger partial charge is 0.497 e. The third-order valence-electron chi connectivity index (χ3n) is 5.94. The third kappa shape index (κ3) is 5.39. The molecule has 4 rings (SSSR count). The van der Waals surface area contributed by atoms with Crippen LogP contribution in [0.4, 0.5) is 11.4 Å². The van der Waals surface area contributed by atoms with E-state index in [-0.39, 0.29) is 34.9 Å². The second-order valence-corrected chi connectivity index (χ2v) is 11.9. The maximum Gasteiger partial charge on any atom is 0.244 e. The summed E-state index contributed by atoms with van der Waals surface area (Å²) in [5, 5.41) is 2.80. The molecule has 0 spiro atoms. The predicted octanol–water partition coefficient (Wildman–Crippen LogP) is 3.73. The molecule has 2 aliphatic rings. The number of hydrogen-bond donors (Lipinski definition) is 1. The number of thioether (sulfide) groups is 1. The fourth-order valence-electron chi connectivity index (χ4n) is 4.16. The number of piperidine rings is 1. The summed E-state index contributed by atoms with van der Waals surface area (Å²) >= 11 is 1.51. The molecule has 1 fully saturated rings. The van der Waals surface area contributed by atoms with Crippen molar-refractivity contribution in [3.05, 3.63) is 42.5 Å². The number of methoxy groups -OCH3 is 1. The number of benzene rings is 2. The first kappa shape index (κ1) is 24.6. The maximum atomic E-state index is 13.3. The molecule has 1 unspecified atom stereocenters. The molecule has 0 saturated carbocycles. The number of sulfonamides is 1. The SMILES string of the molecule is COc1ccc(NC(=O)CN2C(=O)CC(C)Sc3ccc(S(=O)(=O)N4CCCCC4)cc32)cc1. The lowest BCUT2D eigenvalue weighted by molar-refractivity contribution is -0.121. The number of carbonyl (C=O) groups excluding carboxylic acids is 2. The molecule has 2 heterocycles. The Morgan fingerprint density at radius 3 is 2.50 bits per heavy atom. The second kappa shape index (κ2) is 10.4. The van der Waals surface area contributed by atoms with Crippen molar-refractivity contribution in [1.82, 2.24) is 4.31 Å². The normalized spacial score (nSPS) is 19.3. The topological polar surface area (TPSA) is 96.0 Å². The van der Waals surface area contributed by atoms with E-state index in [2.05, 4.69) is 5.32 Å². The van der Waals surface area contributed by atoms with E-state index >= 15 is 0 Å². The van der Waals surface area contributed by atoms with Crippen LogP contribution < -0.4 is 15.0 Å². The van der Waals surface area contributed by atoms with Gasteiger partial charge in [0.2, 0.25) is 21.8 Å². The number of amides is 2. The Bertz CT molecular complexity index is 1160. The molecule has 0 aromatic heterocycles. The summed E-state index contributed by atoms with van der Waals surface area (Å²) in [5.74, 6) is 0.0903. The van der Waals surface area contributed by atoms with Crippen molar-refractivity contribution >= 4 is 45.0 Å². The molecule has 182 valence electrons. The minimum absolute atomic E-state index is 0.00505. The van der Waals surface area contributed by atoms with Crippen LogP contribution >= 0.6 is 11.8 Å². The summed E-state index contributed by atoms with van der Waals surface area (Å²) in [6.07, 6.45) is 2.96. The van der Waals surface area contributed by atoms with E-state index in [1.54, 1.807) is 49.6 Å². The van der Waals surface area contributed by atoms with Crippen molar-refractivity contribution in [3.63, 3.8) is 0 Å². The standard InChI is InChI=1S/C24H29N3O5S2/c1-17-14-24(29)27(16-23(28)25-18-6-8-19(32-2)9-7-18)21-15-20(10-11-22(21)33-17)34(30,31)26-12-4-3-5-13-26/h6-11,15,17H,3-5,12-14,16H2,1-2H3,(H,25,28). The van der Waals surface area contributed by atoms with Crippen molar-refractivity contribution in [2.75, 3.05) is 37.0 Å². The molecule has 2 aromatic rings. The molecule has 10 heteroatoms. The lowest BCUT2D eigenvalue weighted by Crippen LogP contribution is -2.39. The predicted molar refractivity (Wildman–Crippen MR) is 133 cm³/mol. The van der Waals surface area contributed by atoms with Gasteiger partial charge in [0.05, 0.1) is 17.7 Å². The highest BCUT2D eigenvalue weighted by atomic mass is 32.2. The number of ether oxygens (including phenoxy) is 1. The van der Waals surface area contributed by atoms with E-state index in [9.17, 15) is 18.0 Å². The third-order valence-corrected chi connectivity index (χ3v) is 9.00. The summed E-state index contributed by atoms with van der Waals surface area (Å²) in [4.78, 5) is 28.3. The van der Waals surface area contributed by atoms with Crippen molar-refractivity contribution in [3.8, 4) is 5.75 Å². The molecule has 1 atom stereocenters. The van der Waals surface area contributed by atoms with Crippen LogP contribution in [0.1, 0.15) is 32.6 Å². The number of carbonyl (C=O) groups is 2. The monoisotopic (exact) mass is 503 g/mol. The van der Waals surface area contributed by atoms with Gasteiger partial charge in [0.25, 0.3) is 0 Å². The van der Waals surface area contributed by atoms with Gasteiger partial charge in [-0.3, -0.25) is 9.59 Å². The van der Waals surface area contributed by atoms with E-state index in [4.69, 9.17) is 4.74 Å². The first-order valence-electron chi connectivity index (χ1n) is 11.3. The van der Waals surface area contributed by atoms with E-state index in [1.807, 2.05) is 6.92 Å². The van der Waals surface area contributed by atoms with Gasteiger partial charge >= 0.3 is 0 Å². The molecule has 1 saturated heterocycles. The molecular formula is C24H29N3O5S2. The molecule has 34 heavy (non-hydrogen) atoms. The minimum atomic E-state index is -3.67. The average Bonchev–Trinajstić information content (AvgIpc) is 2.94. The van der Waals surface area contributed by atoms with Crippen LogP contribution in [0.3, 0.4) is 0 Å². The van der Waals surface area contributed by atoms with Gasteiger partial charge in [0.15, 0.2) is 0 Å². The second-order valence-electron chi connectivity index (χ2n) is 8.48. The number of hydrogen-bond acceptors (Lipinski definition) is 6. The quantitative estimate of drug-likeness (QED) is 0.645. The number of anilines is 2. The van der Waals surface area contributed by atoms with Crippen LogP contribution in [0.5, 0.6) is 5.75 Å². The van der Waals surface area contributed by atoms with Crippen LogP contribution in [0.2, 0.25) is 0 Å². The van der Waals surface area contributed by atoms with E-state index < -0.39 is 10.0 Å². The molecule has 0 bridgehead atoms. The molecule has 1 N–H and O–H groups in total. The zero-order valence-electron chi connectivity index (χ0n) is 19.3. The molecular weight excluding hydrogens is 474 g/mol. The van der Waals surface area contributed by atoms with E-state index in [0.29, 0.717) is 30.2 Å². The average molecular weight is 504 g/mol. The van der Waals surface area contributed by atoms with E-state index in [1.165, 1.54) is 21.0 Å². The lowest BCUT2D eigenvalue weighted by Gasteiger charge is -2.27. The van der Waals surface area contributed by atoms with Crippen molar-refractivity contribution in [2.24, 2.45) is 0 Å². The first-order chi connectivity index (χ1) is 16.3. The van der Waals surface area contributed by atoms with Gasteiger partial charge in [-0.1, -0.05) is 13.3 Å². The van der Waals surface area contributed by atoms with Crippen molar-refractivity contribution in [2.45, 2.75) is 47.6 Å². The van der Waals surface area contributed by atoms with Gasteiger partial charge in [-0.25, -0.2) is 8.42 Å². The number of nitrogens with one attached hydrogen (secondary N) is 1. The molecule has 2 aromatic carbocycles. The zero-order valence-corrected chi connectivity index (χ0v) is 21.0. The Balaban J connectivity index is 1.61. The number of nitrogens with zero attached hydrogens (tertiary/aromatic N) is 2. The molecule has 8 nitrogen and oxygen atoms in total. The number of fused-ring (bicyclic) bond motifs is 1. The summed E-state index contributed by atoms with van der Waals surface area (Å²) in [7, 11) is -2.11. The van der Waals surface area contributed by atoms with Gasteiger partial charge in [0.1, 0.15) is 12.3 Å². The van der Waals surface area contributed by atoms with Crippen LogP contribution in [0.25, 0.3) is 0 Å². The fourth-order valence-corrected chi connectivity index (χ4v) is 6.80. The summed E-state index contributed by atoms with van der Waals surface area (Å²) < 4.78 is 33.1. The van der Waals surface area contributed by atoms with Gasteiger partial charge < -0.3 is 15.0 Å². The summed E-state index contributed by atoms with van der Waals surface area (Å²) in [6.45, 7) is 2.74. The van der Waals surface area contributed by atoms with Crippen LogP contribution in [0, 0.1) is 0 Å². The molecule has 2 aliphatic heterocycles. The summed E-state index contributed by atoms with van der Waals surface area (Å²) in [6, 6.07) is 11.8. The van der Waals surface area contributed by atoms with Crippen LogP contribution in [-0.4, -0.2) is 56.5 Å². The zero-order chi connectivity index (χ0) is 24.3.